The summed E-state index contributed by atoms with van der Waals surface area (Å²) in [6.07, 6.45) is 3.32. The average molecular weight is 189 g/mol. The standard InChI is InChI=1S/C9H11N5/c1-6-8(11-5-12-9(6)10)7-3-4-14(2)13-7/h3-5H,1-2H3,(H2,10,11,12). The molecule has 0 fully saturated rings. The van der Waals surface area contributed by atoms with Crippen molar-refractivity contribution in [1.82, 2.24) is 19.7 Å². The lowest BCUT2D eigenvalue weighted by Crippen LogP contribution is -1.99. The number of nitrogen functional groups attached to an aromatic ring is 1. The highest BCUT2D eigenvalue weighted by Crippen LogP contribution is 2.20. The van der Waals surface area contributed by atoms with E-state index in [4.69, 9.17) is 5.73 Å². The van der Waals surface area contributed by atoms with E-state index < -0.39 is 0 Å². The second-order valence-corrected chi connectivity index (χ2v) is 3.11. The molecule has 2 rings (SSSR count). The van der Waals surface area contributed by atoms with Gasteiger partial charge in [-0.05, 0) is 13.0 Å². The van der Waals surface area contributed by atoms with Gasteiger partial charge in [-0.25, -0.2) is 9.97 Å². The van der Waals surface area contributed by atoms with Gasteiger partial charge in [0.2, 0.25) is 0 Å². The Hall–Kier alpha value is -1.91. The zero-order chi connectivity index (χ0) is 10.1. The molecule has 0 radical (unpaired) electrons. The number of aryl methyl sites for hydroxylation is 1. The molecular formula is C9H11N5. The summed E-state index contributed by atoms with van der Waals surface area (Å²) in [6, 6.07) is 1.90. The van der Waals surface area contributed by atoms with E-state index in [0.717, 1.165) is 17.0 Å². The molecule has 72 valence electrons. The summed E-state index contributed by atoms with van der Waals surface area (Å²) in [5.74, 6) is 0.501. The Morgan fingerprint density at radius 1 is 1.36 bits per heavy atom. The minimum atomic E-state index is 0.501. The Kier molecular flexibility index (Phi) is 1.92. The van der Waals surface area contributed by atoms with Crippen molar-refractivity contribution in [2.45, 2.75) is 6.92 Å². The van der Waals surface area contributed by atoms with Gasteiger partial charge in [0.25, 0.3) is 0 Å². The first kappa shape index (κ1) is 8.68. The highest BCUT2D eigenvalue weighted by atomic mass is 15.2. The van der Waals surface area contributed by atoms with Crippen LogP contribution in [0.4, 0.5) is 5.82 Å². The second kappa shape index (κ2) is 3.10. The number of hydrogen-bond acceptors (Lipinski definition) is 4. The Morgan fingerprint density at radius 2 is 2.14 bits per heavy atom. The van der Waals surface area contributed by atoms with Crippen LogP contribution >= 0.6 is 0 Å². The molecule has 0 aliphatic carbocycles. The third-order valence-electron chi connectivity index (χ3n) is 2.08. The molecule has 0 unspecified atom stereocenters. The molecule has 0 spiro atoms. The predicted octanol–water partition coefficient (Wildman–Crippen LogP) is 0.768. The van der Waals surface area contributed by atoms with Gasteiger partial charge in [-0.2, -0.15) is 5.10 Å². The van der Waals surface area contributed by atoms with Crippen molar-refractivity contribution in [2.75, 3.05) is 5.73 Å². The van der Waals surface area contributed by atoms with Crippen molar-refractivity contribution < 1.29 is 0 Å². The Balaban J connectivity index is 2.57. The second-order valence-electron chi connectivity index (χ2n) is 3.11. The number of nitrogens with zero attached hydrogens (tertiary/aromatic N) is 4. The zero-order valence-corrected chi connectivity index (χ0v) is 8.10. The van der Waals surface area contributed by atoms with Crippen LogP contribution < -0.4 is 5.73 Å². The quantitative estimate of drug-likeness (QED) is 0.719. The van der Waals surface area contributed by atoms with Crippen LogP contribution in [0.15, 0.2) is 18.6 Å². The van der Waals surface area contributed by atoms with E-state index in [0.29, 0.717) is 5.82 Å². The molecule has 2 heterocycles. The van der Waals surface area contributed by atoms with Crippen molar-refractivity contribution in [3.05, 3.63) is 24.2 Å². The molecule has 0 saturated heterocycles. The number of nitrogens with two attached hydrogens (primary N) is 1. The van der Waals surface area contributed by atoms with Crippen molar-refractivity contribution in [1.29, 1.82) is 0 Å². The van der Waals surface area contributed by atoms with E-state index in [-0.39, 0.29) is 0 Å². The molecule has 0 saturated carbocycles. The SMILES string of the molecule is Cc1c(N)ncnc1-c1ccn(C)n1. The summed E-state index contributed by atoms with van der Waals surface area (Å²) >= 11 is 0. The van der Waals surface area contributed by atoms with Crippen LogP contribution in [-0.4, -0.2) is 19.7 Å². The van der Waals surface area contributed by atoms with E-state index in [1.54, 1.807) is 4.68 Å². The van der Waals surface area contributed by atoms with Gasteiger partial charge < -0.3 is 5.73 Å². The summed E-state index contributed by atoms with van der Waals surface area (Å²) in [4.78, 5) is 8.06. The van der Waals surface area contributed by atoms with Crippen molar-refractivity contribution in [3.8, 4) is 11.4 Å². The summed E-state index contributed by atoms with van der Waals surface area (Å²) in [6.45, 7) is 1.89. The lowest BCUT2D eigenvalue weighted by Gasteiger charge is -2.02. The van der Waals surface area contributed by atoms with E-state index in [2.05, 4.69) is 15.1 Å². The van der Waals surface area contributed by atoms with Gasteiger partial charge >= 0.3 is 0 Å². The molecule has 2 N–H and O–H groups in total. The smallest absolute Gasteiger partial charge is 0.130 e. The van der Waals surface area contributed by atoms with Crippen LogP contribution in [0.2, 0.25) is 0 Å². The maximum Gasteiger partial charge on any atom is 0.130 e. The monoisotopic (exact) mass is 189 g/mol. The third-order valence-corrected chi connectivity index (χ3v) is 2.08. The largest absolute Gasteiger partial charge is 0.383 e. The average Bonchev–Trinajstić information content (AvgIpc) is 2.57. The van der Waals surface area contributed by atoms with Gasteiger partial charge in [-0.3, -0.25) is 4.68 Å². The zero-order valence-electron chi connectivity index (χ0n) is 8.10. The minimum absolute atomic E-state index is 0.501. The van der Waals surface area contributed by atoms with Crippen LogP contribution in [-0.2, 0) is 7.05 Å². The molecular weight excluding hydrogens is 178 g/mol. The van der Waals surface area contributed by atoms with Crippen molar-refractivity contribution in [3.63, 3.8) is 0 Å². The first-order chi connectivity index (χ1) is 6.68. The first-order valence-corrected chi connectivity index (χ1v) is 4.25. The van der Waals surface area contributed by atoms with Gasteiger partial charge in [0.15, 0.2) is 0 Å². The highest BCUT2D eigenvalue weighted by molar-refractivity contribution is 5.62. The van der Waals surface area contributed by atoms with E-state index >= 15 is 0 Å². The number of rotatable bonds is 1. The summed E-state index contributed by atoms with van der Waals surface area (Å²) in [5, 5.41) is 4.25. The fourth-order valence-electron chi connectivity index (χ4n) is 1.26. The molecule has 0 aromatic carbocycles. The highest BCUT2D eigenvalue weighted by Gasteiger charge is 2.08. The van der Waals surface area contributed by atoms with Crippen LogP contribution in [0.25, 0.3) is 11.4 Å². The van der Waals surface area contributed by atoms with Gasteiger partial charge in [-0.15, -0.1) is 0 Å². The van der Waals surface area contributed by atoms with Crippen molar-refractivity contribution in [2.24, 2.45) is 7.05 Å². The maximum absolute atomic E-state index is 5.68. The molecule has 0 bridgehead atoms. The molecule has 2 aromatic heterocycles. The number of anilines is 1. The van der Waals surface area contributed by atoms with Gasteiger partial charge in [0.05, 0.1) is 5.69 Å². The lowest BCUT2D eigenvalue weighted by molar-refractivity contribution is 0.769. The fourth-order valence-corrected chi connectivity index (χ4v) is 1.26. The van der Waals surface area contributed by atoms with Crippen LogP contribution in [0.3, 0.4) is 0 Å². The first-order valence-electron chi connectivity index (χ1n) is 4.25. The third kappa shape index (κ3) is 1.32. The van der Waals surface area contributed by atoms with Crippen LogP contribution in [0.1, 0.15) is 5.56 Å². The molecule has 5 heteroatoms. The van der Waals surface area contributed by atoms with E-state index in [9.17, 15) is 0 Å². The molecule has 0 amide bonds. The minimum Gasteiger partial charge on any atom is -0.383 e. The van der Waals surface area contributed by atoms with Gasteiger partial charge in [-0.1, -0.05) is 0 Å². The number of hydrogen-bond donors (Lipinski definition) is 1. The van der Waals surface area contributed by atoms with Crippen LogP contribution in [0, 0.1) is 6.92 Å². The maximum atomic E-state index is 5.68. The van der Waals surface area contributed by atoms with Gasteiger partial charge in [0.1, 0.15) is 17.8 Å². The van der Waals surface area contributed by atoms with Crippen molar-refractivity contribution >= 4 is 5.82 Å². The summed E-state index contributed by atoms with van der Waals surface area (Å²) in [7, 11) is 1.86. The Labute approximate surface area is 81.6 Å². The Morgan fingerprint density at radius 3 is 2.79 bits per heavy atom. The molecule has 14 heavy (non-hydrogen) atoms. The summed E-state index contributed by atoms with van der Waals surface area (Å²) in [5.41, 5.74) is 8.15. The predicted molar refractivity (Wildman–Crippen MR) is 53.4 cm³/mol. The summed E-state index contributed by atoms with van der Waals surface area (Å²) < 4.78 is 1.73. The van der Waals surface area contributed by atoms with E-state index in [1.807, 2.05) is 26.2 Å². The topological polar surface area (TPSA) is 69.6 Å². The van der Waals surface area contributed by atoms with Crippen LogP contribution in [0.5, 0.6) is 0 Å². The molecule has 2 aromatic rings. The molecule has 5 nitrogen and oxygen atoms in total. The normalized spacial score (nSPS) is 10.4. The van der Waals surface area contributed by atoms with E-state index in [1.165, 1.54) is 6.33 Å². The fraction of sp³-hybridized carbons (Fsp3) is 0.222. The Bertz CT molecular complexity index is 460. The molecule has 0 aliphatic rings. The molecule has 0 atom stereocenters. The molecule has 0 aliphatic heterocycles. The number of aromatic nitrogens is 4. The van der Waals surface area contributed by atoms with Gasteiger partial charge in [0, 0.05) is 18.8 Å². The lowest BCUT2D eigenvalue weighted by atomic mass is 10.2.